The van der Waals surface area contributed by atoms with E-state index in [4.69, 9.17) is 15.1 Å². The van der Waals surface area contributed by atoms with Gasteiger partial charge < -0.3 is 10.0 Å². The average Bonchev–Trinajstić information content (AvgIpc) is 3.36. The summed E-state index contributed by atoms with van der Waals surface area (Å²) in [5.74, 6) is 1.23. The first-order chi connectivity index (χ1) is 19.3. The smallest absolute Gasteiger partial charge is 0.233 e. The Labute approximate surface area is 252 Å². The molecule has 0 saturated heterocycles. The maximum Gasteiger partial charge on any atom is 0.233 e. The van der Waals surface area contributed by atoms with Gasteiger partial charge >= 0.3 is 0 Å². The van der Waals surface area contributed by atoms with Gasteiger partial charge in [0.05, 0.1) is 29.5 Å². The molecular weight excluding hydrogens is 548 g/mol. The van der Waals surface area contributed by atoms with Gasteiger partial charge in [0.2, 0.25) is 10.0 Å². The third-order valence-corrected chi connectivity index (χ3v) is 9.52. The Balaban J connectivity index is 1.91. The molecule has 0 saturated carbocycles. The van der Waals surface area contributed by atoms with Gasteiger partial charge in [-0.15, -0.1) is 0 Å². The zero-order valence-electron chi connectivity index (χ0n) is 27.4. The molecule has 0 spiro atoms. The molecule has 0 bridgehead atoms. The first-order valence-corrected chi connectivity index (χ1v) is 16.8. The molecule has 2 aliphatic heterocycles. The van der Waals surface area contributed by atoms with Crippen molar-refractivity contribution in [2.75, 3.05) is 28.5 Å². The Kier molecular flexibility index (Phi) is 8.50. The van der Waals surface area contributed by atoms with Gasteiger partial charge in [0, 0.05) is 28.6 Å². The summed E-state index contributed by atoms with van der Waals surface area (Å²) >= 11 is 0. The molecule has 9 nitrogen and oxygen atoms in total. The van der Waals surface area contributed by atoms with Crippen molar-refractivity contribution >= 4 is 38.6 Å². The number of fused-ring (bicyclic) bond motifs is 2. The van der Waals surface area contributed by atoms with Crippen molar-refractivity contribution < 1.29 is 13.5 Å². The fourth-order valence-electron chi connectivity index (χ4n) is 6.19. The number of aliphatic hydroxyl groups excluding tert-OH is 1. The van der Waals surface area contributed by atoms with Crippen LogP contribution in [0.25, 0.3) is 0 Å². The van der Waals surface area contributed by atoms with E-state index in [1.165, 1.54) is 5.56 Å². The predicted molar refractivity (Wildman–Crippen MR) is 174 cm³/mol. The third kappa shape index (κ3) is 6.16. The molecule has 4 rings (SSSR count). The monoisotopic (exact) mass is 598 g/mol. The quantitative estimate of drug-likeness (QED) is 0.360. The number of aryl methyl sites for hydroxylation is 1. The fraction of sp³-hybridized carbons (Fsp3) is 0.656. The third-order valence-electron chi connectivity index (χ3n) is 8.19. The second kappa shape index (κ2) is 11.1. The number of unbranched alkanes of at least 4 members (excludes halogenated alkanes) is 1. The number of aromatic nitrogens is 2. The maximum absolute atomic E-state index is 12.9. The maximum atomic E-state index is 12.9. The van der Waals surface area contributed by atoms with Crippen LogP contribution in [-0.4, -0.2) is 59.1 Å². The number of nitrogens with zero attached hydrogens (tertiary/aromatic N) is 5. The van der Waals surface area contributed by atoms with Crippen LogP contribution < -0.4 is 9.62 Å². The Hall–Kier alpha value is -2.72. The fourth-order valence-corrected chi connectivity index (χ4v) is 7.39. The van der Waals surface area contributed by atoms with Crippen molar-refractivity contribution in [1.82, 2.24) is 9.66 Å². The van der Waals surface area contributed by atoms with Crippen LogP contribution in [0, 0.1) is 12.3 Å². The Morgan fingerprint density at radius 1 is 1.14 bits per heavy atom. The van der Waals surface area contributed by atoms with Gasteiger partial charge in [-0.3, -0.25) is 4.72 Å². The lowest BCUT2D eigenvalue weighted by atomic mass is 9.79. The highest BCUT2D eigenvalue weighted by Crippen LogP contribution is 2.46. The van der Waals surface area contributed by atoms with E-state index in [1.807, 2.05) is 27.7 Å². The van der Waals surface area contributed by atoms with E-state index in [0.717, 1.165) is 35.5 Å². The van der Waals surface area contributed by atoms with Crippen LogP contribution >= 0.6 is 0 Å². The topological polar surface area (TPSA) is 112 Å². The molecular formula is C32H50N6O3S. The zero-order valence-corrected chi connectivity index (χ0v) is 28.2. The van der Waals surface area contributed by atoms with Crippen molar-refractivity contribution in [3.63, 3.8) is 0 Å². The average molecular weight is 599 g/mol. The largest absolute Gasteiger partial charge is 0.395 e. The van der Waals surface area contributed by atoms with Gasteiger partial charge in [0.1, 0.15) is 5.71 Å². The molecule has 0 radical (unpaired) electrons. The lowest BCUT2D eigenvalue weighted by Gasteiger charge is -2.47. The minimum absolute atomic E-state index is 0.0450. The van der Waals surface area contributed by atoms with Crippen LogP contribution in [-0.2, 0) is 15.4 Å². The molecule has 2 aliphatic rings. The standard InChI is InChI=1S/C32H50N6O3S/c1-12-13-16-42(40,41)36-28-27(31(7,8)9)38-29(34-28)25(26(35-38)30(4,5)6)33-23-18-22-21(3)19-32(10,11)37(14-15-39)24(22)17-20(23)2/h17-18,21,36,39H,12-16,19H2,1-11H3/b33-25-. The number of β-amino-alcohol motifs (C(OH)–C–C–N with tert-alkyl or cyclic N) is 1. The van der Waals surface area contributed by atoms with Crippen molar-refractivity contribution in [2.45, 2.75) is 112 Å². The van der Waals surface area contributed by atoms with Crippen molar-refractivity contribution in [2.24, 2.45) is 15.5 Å². The number of aliphatic hydroxyl groups is 1. The predicted octanol–water partition coefficient (Wildman–Crippen LogP) is 6.50. The SMILES string of the molecule is CCCCS(=O)(=O)Nc1nc2n(c1C(C)(C)C)N=C(C(C)(C)C)/C2=N/c1cc2c(cc1C)N(CCO)C(C)(C)CC2C. The molecule has 1 aromatic carbocycles. The van der Waals surface area contributed by atoms with E-state index in [2.05, 4.69) is 70.2 Å². The zero-order chi connectivity index (χ0) is 31.4. The van der Waals surface area contributed by atoms with Crippen LogP contribution in [0.2, 0.25) is 0 Å². The van der Waals surface area contributed by atoms with Crippen LogP contribution in [0.3, 0.4) is 0 Å². The number of nitrogens with one attached hydrogen (secondary N) is 1. The summed E-state index contributed by atoms with van der Waals surface area (Å²) in [5, 5.41) is 14.9. The molecule has 1 unspecified atom stereocenters. The summed E-state index contributed by atoms with van der Waals surface area (Å²) < 4.78 is 30.5. The molecule has 0 aliphatic carbocycles. The minimum Gasteiger partial charge on any atom is -0.395 e. The molecule has 42 heavy (non-hydrogen) atoms. The number of benzene rings is 1. The van der Waals surface area contributed by atoms with Crippen LogP contribution in [0.5, 0.6) is 0 Å². The van der Waals surface area contributed by atoms with E-state index in [-0.39, 0.29) is 23.3 Å². The van der Waals surface area contributed by atoms with E-state index in [1.54, 1.807) is 4.68 Å². The van der Waals surface area contributed by atoms with E-state index in [0.29, 0.717) is 41.9 Å². The van der Waals surface area contributed by atoms with Crippen molar-refractivity contribution in [3.05, 3.63) is 34.8 Å². The lowest BCUT2D eigenvalue weighted by molar-refractivity contribution is 0.277. The number of aliphatic imine (C=N–C) groups is 1. The van der Waals surface area contributed by atoms with E-state index in [9.17, 15) is 13.5 Å². The Bertz CT molecular complexity index is 1520. The number of hydrogen-bond acceptors (Lipinski definition) is 7. The van der Waals surface area contributed by atoms with E-state index >= 15 is 0 Å². The minimum atomic E-state index is -3.56. The van der Waals surface area contributed by atoms with Gasteiger partial charge in [-0.1, -0.05) is 61.8 Å². The molecule has 3 heterocycles. The number of anilines is 2. The van der Waals surface area contributed by atoms with Crippen LogP contribution in [0.4, 0.5) is 17.2 Å². The van der Waals surface area contributed by atoms with E-state index < -0.39 is 15.4 Å². The highest BCUT2D eigenvalue weighted by atomic mass is 32.2. The number of hydrogen-bond donors (Lipinski definition) is 2. The first-order valence-electron chi connectivity index (χ1n) is 15.2. The van der Waals surface area contributed by atoms with Crippen molar-refractivity contribution in [3.8, 4) is 0 Å². The summed E-state index contributed by atoms with van der Waals surface area (Å²) in [5.41, 5.74) is 5.56. The first kappa shape index (κ1) is 32.2. The molecule has 0 fully saturated rings. The molecule has 0 amide bonds. The molecule has 10 heteroatoms. The normalized spacial score (nSPS) is 19.6. The summed E-state index contributed by atoms with van der Waals surface area (Å²) in [6.07, 6.45) is 2.33. The number of imidazole rings is 1. The second-order valence-corrected chi connectivity index (χ2v) is 16.5. The van der Waals surface area contributed by atoms with Crippen LogP contribution in [0.1, 0.15) is 117 Å². The summed E-state index contributed by atoms with van der Waals surface area (Å²) in [4.78, 5) is 12.4. The van der Waals surface area contributed by atoms with Gasteiger partial charge in [-0.05, 0) is 62.8 Å². The number of rotatable bonds is 8. The summed E-state index contributed by atoms with van der Waals surface area (Å²) in [6, 6.07) is 4.36. The van der Waals surface area contributed by atoms with Crippen molar-refractivity contribution in [1.29, 1.82) is 0 Å². The molecule has 1 atom stereocenters. The summed E-state index contributed by atoms with van der Waals surface area (Å²) in [7, 11) is -3.56. The number of sulfonamides is 1. The Morgan fingerprint density at radius 2 is 1.81 bits per heavy atom. The molecule has 232 valence electrons. The summed E-state index contributed by atoms with van der Waals surface area (Å²) in [6.45, 7) is 23.9. The Morgan fingerprint density at radius 3 is 2.38 bits per heavy atom. The van der Waals surface area contributed by atoms with Gasteiger partial charge in [-0.25, -0.2) is 23.1 Å². The van der Waals surface area contributed by atoms with Gasteiger partial charge in [0.15, 0.2) is 11.6 Å². The lowest BCUT2D eigenvalue weighted by Crippen LogP contribution is -2.49. The van der Waals surface area contributed by atoms with Gasteiger partial charge in [-0.2, -0.15) is 5.10 Å². The molecule has 2 aromatic rings. The second-order valence-electron chi connectivity index (χ2n) is 14.6. The molecule has 2 N–H and O–H groups in total. The van der Waals surface area contributed by atoms with Crippen LogP contribution in [0.15, 0.2) is 22.2 Å². The highest BCUT2D eigenvalue weighted by molar-refractivity contribution is 7.92. The van der Waals surface area contributed by atoms with Gasteiger partial charge in [0.25, 0.3) is 0 Å². The highest BCUT2D eigenvalue weighted by Gasteiger charge is 2.40. The molecule has 1 aromatic heterocycles.